The number of hydrogen-bond acceptors (Lipinski definition) is 2. The van der Waals surface area contributed by atoms with Gasteiger partial charge in [-0.2, -0.15) is 0 Å². The third-order valence-electron chi connectivity index (χ3n) is 3.37. The maximum atomic E-state index is 13.8. The Balaban J connectivity index is 0.00000180. The summed E-state index contributed by atoms with van der Waals surface area (Å²) in [5.41, 5.74) is -0.286. The molecule has 0 unspecified atom stereocenters. The Bertz CT molecular complexity index is 464. The molecule has 0 bridgehead atoms. The van der Waals surface area contributed by atoms with Gasteiger partial charge in [0.15, 0.2) is 0 Å². The first-order valence-electron chi connectivity index (χ1n) is 5.98. The van der Waals surface area contributed by atoms with Gasteiger partial charge in [0.25, 0.3) is 0 Å². The lowest BCUT2D eigenvalue weighted by Crippen LogP contribution is -2.53. The molecule has 1 aliphatic rings. The van der Waals surface area contributed by atoms with Crippen molar-refractivity contribution in [1.82, 2.24) is 10.6 Å². The number of carbonyl (C=O) groups excluding carboxylic acids is 1. The maximum Gasteiger partial charge on any atom is 0.234 e. The van der Waals surface area contributed by atoms with Crippen LogP contribution in [0.3, 0.4) is 0 Å². The second-order valence-electron chi connectivity index (χ2n) is 4.64. The zero-order valence-electron chi connectivity index (χ0n) is 10.6. The highest BCUT2D eigenvalue weighted by atomic mass is 35.5. The molecule has 0 aromatic heterocycles. The topological polar surface area (TPSA) is 41.1 Å². The van der Waals surface area contributed by atoms with Gasteiger partial charge in [-0.05, 0) is 32.4 Å². The van der Waals surface area contributed by atoms with Gasteiger partial charge in [0.2, 0.25) is 5.91 Å². The van der Waals surface area contributed by atoms with Gasteiger partial charge in [-0.25, -0.2) is 8.78 Å². The number of benzene rings is 1. The summed E-state index contributed by atoms with van der Waals surface area (Å²) in [4.78, 5) is 11.6. The van der Waals surface area contributed by atoms with E-state index in [1.807, 2.05) is 0 Å². The summed E-state index contributed by atoms with van der Waals surface area (Å²) in [7, 11) is 1.67. The van der Waals surface area contributed by atoms with Crippen molar-refractivity contribution in [3.63, 3.8) is 0 Å². The first-order chi connectivity index (χ1) is 8.57. The summed E-state index contributed by atoms with van der Waals surface area (Å²) < 4.78 is 26.7. The predicted octanol–water partition coefficient (Wildman–Crippen LogP) is 2.10. The van der Waals surface area contributed by atoms with Gasteiger partial charge in [-0.3, -0.25) is 4.79 Å². The summed E-state index contributed by atoms with van der Waals surface area (Å²) in [6.45, 7) is 0.185. The van der Waals surface area contributed by atoms with Crippen molar-refractivity contribution in [3.05, 3.63) is 35.4 Å². The minimum absolute atomic E-state index is 0. The van der Waals surface area contributed by atoms with Crippen LogP contribution in [-0.2, 0) is 10.3 Å². The Morgan fingerprint density at radius 1 is 1.37 bits per heavy atom. The molecule has 1 aromatic carbocycles. The van der Waals surface area contributed by atoms with Crippen molar-refractivity contribution in [1.29, 1.82) is 0 Å². The van der Waals surface area contributed by atoms with E-state index >= 15 is 0 Å². The van der Waals surface area contributed by atoms with Crippen molar-refractivity contribution < 1.29 is 13.6 Å². The molecule has 6 heteroatoms. The minimum atomic E-state index is -0.661. The molecule has 1 fully saturated rings. The largest absolute Gasteiger partial charge is 0.345 e. The quantitative estimate of drug-likeness (QED) is 0.892. The van der Waals surface area contributed by atoms with Crippen LogP contribution < -0.4 is 10.6 Å². The molecule has 2 N–H and O–H groups in total. The standard InChI is InChI=1S/C13H16F2N2O.ClH/c1-16-8-12(18)17-13(5-2-6-13)10-4-3-9(14)7-11(10)15;/h3-4,7,16H,2,5-6,8H2,1H3,(H,17,18);1H. The van der Waals surface area contributed by atoms with Crippen molar-refractivity contribution in [2.24, 2.45) is 0 Å². The van der Waals surface area contributed by atoms with Gasteiger partial charge in [0.1, 0.15) is 11.6 Å². The molecule has 0 saturated heterocycles. The number of hydrogen-bond donors (Lipinski definition) is 2. The molecular weight excluding hydrogens is 274 g/mol. The molecule has 1 aromatic rings. The van der Waals surface area contributed by atoms with Crippen LogP contribution in [-0.4, -0.2) is 19.5 Å². The first-order valence-corrected chi connectivity index (χ1v) is 5.98. The fourth-order valence-electron chi connectivity index (χ4n) is 2.34. The molecule has 0 spiro atoms. The van der Waals surface area contributed by atoms with Crippen molar-refractivity contribution in [2.45, 2.75) is 24.8 Å². The highest BCUT2D eigenvalue weighted by Crippen LogP contribution is 2.42. The number of amides is 1. The maximum absolute atomic E-state index is 13.8. The monoisotopic (exact) mass is 290 g/mol. The summed E-state index contributed by atoms with van der Waals surface area (Å²) in [5.74, 6) is -1.38. The number of rotatable bonds is 4. The Morgan fingerprint density at radius 3 is 2.53 bits per heavy atom. The summed E-state index contributed by atoms with van der Waals surface area (Å²) in [5, 5.41) is 5.59. The molecule has 2 rings (SSSR count). The lowest BCUT2D eigenvalue weighted by Gasteiger charge is -2.43. The Morgan fingerprint density at radius 2 is 2.05 bits per heavy atom. The van der Waals surface area contributed by atoms with Crippen LogP contribution >= 0.6 is 12.4 Å². The lowest BCUT2D eigenvalue weighted by molar-refractivity contribution is -0.123. The minimum Gasteiger partial charge on any atom is -0.345 e. The number of carbonyl (C=O) groups is 1. The van der Waals surface area contributed by atoms with Gasteiger partial charge in [0, 0.05) is 11.6 Å². The molecule has 0 heterocycles. The molecule has 19 heavy (non-hydrogen) atoms. The SMILES string of the molecule is CNCC(=O)NC1(c2ccc(F)cc2F)CCC1.Cl. The van der Waals surface area contributed by atoms with E-state index in [0.717, 1.165) is 12.5 Å². The van der Waals surface area contributed by atoms with Gasteiger partial charge in [0.05, 0.1) is 12.1 Å². The van der Waals surface area contributed by atoms with E-state index < -0.39 is 17.2 Å². The van der Waals surface area contributed by atoms with Crippen LogP contribution in [0.25, 0.3) is 0 Å². The lowest BCUT2D eigenvalue weighted by atomic mass is 9.71. The Labute approximate surface area is 117 Å². The van der Waals surface area contributed by atoms with Crippen molar-refractivity contribution >= 4 is 18.3 Å². The fourth-order valence-corrected chi connectivity index (χ4v) is 2.34. The third-order valence-corrected chi connectivity index (χ3v) is 3.37. The zero-order valence-corrected chi connectivity index (χ0v) is 11.4. The van der Waals surface area contributed by atoms with E-state index in [2.05, 4.69) is 10.6 Å². The fraction of sp³-hybridized carbons (Fsp3) is 0.462. The third kappa shape index (κ3) is 3.22. The van der Waals surface area contributed by atoms with Crippen molar-refractivity contribution in [2.75, 3.05) is 13.6 Å². The van der Waals surface area contributed by atoms with E-state index in [9.17, 15) is 13.6 Å². The van der Waals surface area contributed by atoms with E-state index in [-0.39, 0.29) is 24.9 Å². The highest BCUT2D eigenvalue weighted by Gasteiger charge is 2.41. The van der Waals surface area contributed by atoms with Crippen LogP contribution in [0.5, 0.6) is 0 Å². The molecule has 3 nitrogen and oxygen atoms in total. The Hall–Kier alpha value is -1.20. The Kier molecular flexibility index (Phi) is 5.26. The average Bonchev–Trinajstić information content (AvgIpc) is 2.24. The normalized spacial score (nSPS) is 16.2. The van der Waals surface area contributed by atoms with Crippen LogP contribution in [0.1, 0.15) is 24.8 Å². The first kappa shape index (κ1) is 15.9. The van der Waals surface area contributed by atoms with Gasteiger partial charge >= 0.3 is 0 Å². The van der Waals surface area contributed by atoms with Crippen LogP contribution in [0.4, 0.5) is 8.78 Å². The summed E-state index contributed by atoms with van der Waals surface area (Å²) in [6, 6.07) is 3.51. The molecule has 1 amide bonds. The molecule has 1 aliphatic carbocycles. The zero-order chi connectivity index (χ0) is 13.2. The average molecular weight is 291 g/mol. The van der Waals surface area contributed by atoms with Crippen LogP contribution in [0.15, 0.2) is 18.2 Å². The second kappa shape index (κ2) is 6.30. The van der Waals surface area contributed by atoms with E-state index in [1.165, 1.54) is 12.1 Å². The smallest absolute Gasteiger partial charge is 0.234 e. The predicted molar refractivity (Wildman–Crippen MR) is 71.2 cm³/mol. The summed E-state index contributed by atoms with van der Waals surface area (Å²) >= 11 is 0. The second-order valence-corrected chi connectivity index (χ2v) is 4.64. The van der Waals surface area contributed by atoms with E-state index in [0.29, 0.717) is 18.4 Å². The molecule has 1 saturated carbocycles. The summed E-state index contributed by atoms with van der Waals surface area (Å²) in [6.07, 6.45) is 2.30. The van der Waals surface area contributed by atoms with Crippen LogP contribution in [0, 0.1) is 11.6 Å². The molecule has 0 aliphatic heterocycles. The molecular formula is C13H17ClF2N2O. The van der Waals surface area contributed by atoms with E-state index in [4.69, 9.17) is 0 Å². The van der Waals surface area contributed by atoms with Crippen molar-refractivity contribution in [3.8, 4) is 0 Å². The number of likely N-dealkylation sites (N-methyl/N-ethyl adjacent to an activating group) is 1. The van der Waals surface area contributed by atoms with Crippen LogP contribution in [0.2, 0.25) is 0 Å². The molecule has 0 radical (unpaired) electrons. The van der Waals surface area contributed by atoms with Gasteiger partial charge < -0.3 is 10.6 Å². The number of nitrogens with one attached hydrogen (secondary N) is 2. The van der Waals surface area contributed by atoms with E-state index in [1.54, 1.807) is 7.05 Å². The molecule has 0 atom stereocenters. The highest BCUT2D eigenvalue weighted by molar-refractivity contribution is 5.85. The van der Waals surface area contributed by atoms with Gasteiger partial charge in [-0.15, -0.1) is 12.4 Å². The van der Waals surface area contributed by atoms with Gasteiger partial charge in [-0.1, -0.05) is 6.07 Å². The molecule has 106 valence electrons. The number of halogens is 3.